The summed E-state index contributed by atoms with van der Waals surface area (Å²) in [4.78, 5) is 5.00. The number of benzene rings is 2. The second-order valence-corrected chi connectivity index (χ2v) is 7.10. The van der Waals surface area contributed by atoms with Gasteiger partial charge in [0.2, 0.25) is 0 Å². The normalized spacial score (nSPS) is 16.8. The van der Waals surface area contributed by atoms with E-state index in [1.807, 2.05) is 12.1 Å². The predicted octanol–water partition coefficient (Wildman–Crippen LogP) is 4.42. The summed E-state index contributed by atoms with van der Waals surface area (Å²) in [7, 11) is 0. The van der Waals surface area contributed by atoms with Crippen molar-refractivity contribution in [2.75, 3.05) is 26.2 Å². The van der Waals surface area contributed by atoms with E-state index in [1.165, 1.54) is 11.1 Å². The summed E-state index contributed by atoms with van der Waals surface area (Å²) in [6, 6.07) is 16.7. The Kier molecular flexibility index (Phi) is 5.53. The smallest absolute Gasteiger partial charge is 0.0451 e. The third kappa shape index (κ3) is 4.32. The lowest BCUT2D eigenvalue weighted by Gasteiger charge is -2.34. The predicted molar refractivity (Wildman–Crippen MR) is 96.1 cm³/mol. The van der Waals surface area contributed by atoms with Gasteiger partial charge in [0, 0.05) is 48.8 Å². The lowest BCUT2D eigenvalue weighted by atomic mass is 10.1. The molecule has 0 saturated carbocycles. The number of hydrogen-bond donors (Lipinski definition) is 0. The summed E-state index contributed by atoms with van der Waals surface area (Å²) < 4.78 is 1.15. The summed E-state index contributed by atoms with van der Waals surface area (Å²) in [6.07, 6.45) is 0. The molecule has 0 N–H and O–H groups in total. The summed E-state index contributed by atoms with van der Waals surface area (Å²) in [5.41, 5.74) is 2.60. The molecule has 0 aliphatic carbocycles. The molecule has 1 aliphatic heterocycles. The van der Waals surface area contributed by atoms with Crippen molar-refractivity contribution in [2.45, 2.75) is 13.1 Å². The molecule has 22 heavy (non-hydrogen) atoms. The van der Waals surface area contributed by atoms with Crippen LogP contribution < -0.4 is 0 Å². The van der Waals surface area contributed by atoms with Crippen LogP contribution in [0.1, 0.15) is 11.1 Å². The number of rotatable bonds is 4. The average Bonchev–Trinajstić information content (AvgIpc) is 2.52. The Hall–Kier alpha value is -0.870. The summed E-state index contributed by atoms with van der Waals surface area (Å²) in [6.45, 7) is 6.39. The van der Waals surface area contributed by atoms with Gasteiger partial charge in [-0.05, 0) is 29.3 Å². The Balaban J connectivity index is 1.51. The van der Waals surface area contributed by atoms with E-state index in [4.69, 9.17) is 11.6 Å². The molecule has 0 spiro atoms. The molecule has 1 aliphatic rings. The molecule has 4 heteroatoms. The van der Waals surface area contributed by atoms with Gasteiger partial charge < -0.3 is 0 Å². The second-order valence-electron chi connectivity index (χ2n) is 5.77. The first-order chi connectivity index (χ1) is 10.7. The number of hydrogen-bond acceptors (Lipinski definition) is 2. The molecule has 0 radical (unpaired) electrons. The molecule has 1 heterocycles. The van der Waals surface area contributed by atoms with Gasteiger partial charge in [-0.1, -0.05) is 57.9 Å². The van der Waals surface area contributed by atoms with E-state index >= 15 is 0 Å². The molecule has 0 aromatic heterocycles. The van der Waals surface area contributed by atoms with Gasteiger partial charge in [0.1, 0.15) is 0 Å². The first kappa shape index (κ1) is 16.0. The maximum atomic E-state index is 6.25. The van der Waals surface area contributed by atoms with Crippen LogP contribution in [0.15, 0.2) is 53.0 Å². The monoisotopic (exact) mass is 378 g/mol. The lowest BCUT2D eigenvalue weighted by Crippen LogP contribution is -2.45. The van der Waals surface area contributed by atoms with Gasteiger partial charge in [-0.15, -0.1) is 0 Å². The zero-order valence-electron chi connectivity index (χ0n) is 12.5. The van der Waals surface area contributed by atoms with Crippen molar-refractivity contribution in [3.63, 3.8) is 0 Å². The van der Waals surface area contributed by atoms with Crippen LogP contribution >= 0.6 is 27.5 Å². The van der Waals surface area contributed by atoms with Crippen molar-refractivity contribution in [3.05, 3.63) is 69.2 Å². The van der Waals surface area contributed by atoms with E-state index < -0.39 is 0 Å². The van der Waals surface area contributed by atoms with Crippen molar-refractivity contribution < 1.29 is 0 Å². The first-order valence-electron chi connectivity index (χ1n) is 7.63. The van der Waals surface area contributed by atoms with Gasteiger partial charge in [0.15, 0.2) is 0 Å². The second kappa shape index (κ2) is 7.60. The Bertz CT molecular complexity index is 624. The Morgan fingerprint density at radius 2 is 1.55 bits per heavy atom. The molecule has 2 aromatic carbocycles. The van der Waals surface area contributed by atoms with Crippen molar-refractivity contribution in [3.8, 4) is 0 Å². The van der Waals surface area contributed by atoms with E-state index in [2.05, 4.69) is 62.1 Å². The Morgan fingerprint density at radius 1 is 0.864 bits per heavy atom. The highest BCUT2D eigenvalue weighted by Gasteiger charge is 2.17. The highest BCUT2D eigenvalue weighted by atomic mass is 79.9. The van der Waals surface area contributed by atoms with Crippen LogP contribution in [-0.2, 0) is 13.1 Å². The summed E-state index contributed by atoms with van der Waals surface area (Å²) in [5.74, 6) is 0. The highest BCUT2D eigenvalue weighted by molar-refractivity contribution is 9.10. The third-order valence-corrected chi connectivity index (χ3v) is 4.97. The van der Waals surface area contributed by atoms with Crippen LogP contribution in [0, 0.1) is 0 Å². The van der Waals surface area contributed by atoms with E-state index in [0.29, 0.717) is 0 Å². The van der Waals surface area contributed by atoms with E-state index in [-0.39, 0.29) is 0 Å². The Morgan fingerprint density at radius 3 is 2.23 bits per heavy atom. The molecule has 116 valence electrons. The maximum Gasteiger partial charge on any atom is 0.0451 e. The summed E-state index contributed by atoms with van der Waals surface area (Å²) in [5, 5.41) is 0.874. The SMILES string of the molecule is Clc1ccccc1CN1CCN(Cc2cccc(Br)c2)CC1. The zero-order chi connectivity index (χ0) is 15.4. The van der Waals surface area contributed by atoms with Gasteiger partial charge in [0.25, 0.3) is 0 Å². The zero-order valence-corrected chi connectivity index (χ0v) is 14.9. The molecule has 3 rings (SSSR count). The van der Waals surface area contributed by atoms with Gasteiger partial charge in [-0.25, -0.2) is 0 Å². The molecule has 2 nitrogen and oxygen atoms in total. The van der Waals surface area contributed by atoms with Gasteiger partial charge >= 0.3 is 0 Å². The highest BCUT2D eigenvalue weighted by Crippen LogP contribution is 2.19. The molecule has 1 saturated heterocycles. The minimum atomic E-state index is 0.874. The fraction of sp³-hybridized carbons (Fsp3) is 0.333. The minimum Gasteiger partial charge on any atom is -0.297 e. The fourth-order valence-corrected chi connectivity index (χ4v) is 3.51. The van der Waals surface area contributed by atoms with Crippen molar-refractivity contribution in [2.24, 2.45) is 0 Å². The quantitative estimate of drug-likeness (QED) is 0.776. The lowest BCUT2D eigenvalue weighted by molar-refractivity contribution is 0.122. The van der Waals surface area contributed by atoms with Gasteiger partial charge in [0.05, 0.1) is 0 Å². The molecule has 2 aromatic rings. The molecule has 0 amide bonds. The molecular formula is C18H20BrClN2. The van der Waals surface area contributed by atoms with Crippen molar-refractivity contribution in [1.29, 1.82) is 0 Å². The molecule has 0 atom stereocenters. The Labute approximate surface area is 145 Å². The number of nitrogens with zero attached hydrogens (tertiary/aromatic N) is 2. The van der Waals surface area contributed by atoms with Crippen LogP contribution in [0.5, 0.6) is 0 Å². The first-order valence-corrected chi connectivity index (χ1v) is 8.80. The fourth-order valence-electron chi connectivity index (χ4n) is 2.87. The van der Waals surface area contributed by atoms with Crippen LogP contribution in [0.3, 0.4) is 0 Å². The van der Waals surface area contributed by atoms with E-state index in [0.717, 1.165) is 48.8 Å². The van der Waals surface area contributed by atoms with E-state index in [1.54, 1.807) is 0 Å². The van der Waals surface area contributed by atoms with Crippen LogP contribution in [0.25, 0.3) is 0 Å². The maximum absolute atomic E-state index is 6.25. The molecule has 0 bridgehead atoms. The van der Waals surface area contributed by atoms with Gasteiger partial charge in [-0.2, -0.15) is 0 Å². The topological polar surface area (TPSA) is 6.48 Å². The molecule has 1 fully saturated rings. The number of piperazine rings is 1. The molecular weight excluding hydrogens is 360 g/mol. The van der Waals surface area contributed by atoms with Crippen molar-refractivity contribution >= 4 is 27.5 Å². The van der Waals surface area contributed by atoms with Crippen LogP contribution in [0.2, 0.25) is 5.02 Å². The third-order valence-electron chi connectivity index (χ3n) is 4.11. The average molecular weight is 380 g/mol. The van der Waals surface area contributed by atoms with Crippen LogP contribution in [-0.4, -0.2) is 36.0 Å². The van der Waals surface area contributed by atoms with Gasteiger partial charge in [-0.3, -0.25) is 9.80 Å². The minimum absolute atomic E-state index is 0.874. The standard InChI is InChI=1S/C18H20BrClN2/c19-17-6-3-4-15(12-17)13-21-8-10-22(11-9-21)14-16-5-1-2-7-18(16)20/h1-7,12H,8-11,13-14H2. The number of halogens is 2. The van der Waals surface area contributed by atoms with Crippen LogP contribution in [0.4, 0.5) is 0 Å². The van der Waals surface area contributed by atoms with E-state index in [9.17, 15) is 0 Å². The van der Waals surface area contributed by atoms with Crippen molar-refractivity contribution in [1.82, 2.24) is 9.80 Å². The largest absolute Gasteiger partial charge is 0.297 e. The molecule has 0 unspecified atom stereocenters. The summed E-state index contributed by atoms with van der Waals surface area (Å²) >= 11 is 9.79.